The Kier molecular flexibility index (Phi) is 6.24. The number of carboxylic acids is 1. The number of thioether (sulfide) groups is 1. The molecule has 0 fully saturated rings. The number of hydrazone groups is 1. The predicted octanol–water partition coefficient (Wildman–Crippen LogP) is 3.03. The number of carbonyl (C=O) groups excluding carboxylic acids is 1. The van der Waals surface area contributed by atoms with Gasteiger partial charge in [-0.3, -0.25) is 4.79 Å². The van der Waals surface area contributed by atoms with Gasteiger partial charge in [-0.05, 0) is 48.5 Å². The van der Waals surface area contributed by atoms with Gasteiger partial charge in [0.25, 0.3) is 5.91 Å². The van der Waals surface area contributed by atoms with Gasteiger partial charge in [-0.2, -0.15) is 5.10 Å². The Hall–Kier alpha value is -3.20. The van der Waals surface area contributed by atoms with Crippen molar-refractivity contribution >= 4 is 35.2 Å². The summed E-state index contributed by atoms with van der Waals surface area (Å²) in [6.07, 6.45) is 0. The van der Waals surface area contributed by atoms with Gasteiger partial charge in [-0.1, -0.05) is 0 Å². The molecule has 0 radical (unpaired) electrons. The molecule has 0 heterocycles. The first-order chi connectivity index (χ1) is 12.0. The first kappa shape index (κ1) is 18.1. The fourth-order valence-electron chi connectivity index (χ4n) is 1.85. The molecule has 0 saturated carbocycles. The van der Waals surface area contributed by atoms with Crippen molar-refractivity contribution in [1.82, 2.24) is 0 Å². The van der Waals surface area contributed by atoms with Crippen LogP contribution in [0.3, 0.4) is 0 Å². The van der Waals surface area contributed by atoms with Crippen molar-refractivity contribution in [3.05, 3.63) is 59.7 Å². The highest BCUT2D eigenvalue weighted by Gasteiger charge is 2.08. The largest absolute Gasteiger partial charge is 0.478 e. The smallest absolute Gasteiger partial charge is 0.335 e. The molecule has 0 aliphatic carbocycles. The number of hydrogen-bond donors (Lipinski definition) is 4. The van der Waals surface area contributed by atoms with Crippen LogP contribution in [0.1, 0.15) is 20.7 Å². The summed E-state index contributed by atoms with van der Waals surface area (Å²) in [7, 11) is 0. The van der Waals surface area contributed by atoms with Crippen LogP contribution in [0.25, 0.3) is 0 Å². The second kappa shape index (κ2) is 8.60. The summed E-state index contributed by atoms with van der Waals surface area (Å²) in [6, 6.07) is 12.8. The molecule has 0 aliphatic heterocycles. The van der Waals surface area contributed by atoms with Gasteiger partial charge in [0.15, 0.2) is 5.84 Å². The van der Waals surface area contributed by atoms with E-state index in [9.17, 15) is 9.59 Å². The molecular formula is C16H15N5O3S. The molecule has 5 N–H and O–H groups in total. The van der Waals surface area contributed by atoms with Crippen LogP contribution in [0, 0.1) is 5.53 Å². The topological polar surface area (TPSA) is 141 Å². The van der Waals surface area contributed by atoms with Crippen molar-refractivity contribution < 1.29 is 14.7 Å². The van der Waals surface area contributed by atoms with E-state index in [1.807, 2.05) is 0 Å². The molecule has 128 valence electrons. The van der Waals surface area contributed by atoms with Crippen LogP contribution in [0.5, 0.6) is 0 Å². The van der Waals surface area contributed by atoms with Gasteiger partial charge in [-0.25, -0.2) is 10.3 Å². The Labute approximate surface area is 147 Å². The molecule has 8 nitrogen and oxygen atoms in total. The van der Waals surface area contributed by atoms with Gasteiger partial charge in [0.2, 0.25) is 0 Å². The third-order valence-corrected chi connectivity index (χ3v) is 4.16. The average molecular weight is 357 g/mol. The van der Waals surface area contributed by atoms with Crippen molar-refractivity contribution in [1.29, 1.82) is 5.53 Å². The number of nitrogens with zero attached hydrogens (tertiary/aromatic N) is 2. The highest BCUT2D eigenvalue weighted by Crippen LogP contribution is 2.19. The molecule has 25 heavy (non-hydrogen) atoms. The Morgan fingerprint density at radius 2 is 1.68 bits per heavy atom. The molecule has 0 aliphatic rings. The van der Waals surface area contributed by atoms with E-state index in [4.69, 9.17) is 16.5 Å². The Morgan fingerprint density at radius 3 is 2.20 bits per heavy atom. The van der Waals surface area contributed by atoms with Gasteiger partial charge in [-0.15, -0.1) is 16.9 Å². The quantitative estimate of drug-likeness (QED) is 0.157. The Morgan fingerprint density at radius 1 is 1.08 bits per heavy atom. The molecule has 2 aromatic carbocycles. The predicted molar refractivity (Wildman–Crippen MR) is 95.3 cm³/mol. The number of carboxylic acid groups (broad SMARTS) is 1. The summed E-state index contributed by atoms with van der Waals surface area (Å²) in [5.74, 6) is 4.35. The van der Waals surface area contributed by atoms with Crippen molar-refractivity contribution in [3.63, 3.8) is 0 Å². The fourth-order valence-corrected chi connectivity index (χ4v) is 2.61. The number of rotatable bonds is 6. The molecule has 9 heteroatoms. The van der Waals surface area contributed by atoms with E-state index < -0.39 is 5.97 Å². The first-order valence-corrected chi connectivity index (χ1v) is 8.04. The third kappa shape index (κ3) is 5.15. The summed E-state index contributed by atoms with van der Waals surface area (Å²) in [4.78, 5) is 23.9. The molecule has 2 rings (SSSR count). The van der Waals surface area contributed by atoms with Crippen LogP contribution in [0.4, 0.5) is 5.69 Å². The minimum atomic E-state index is -1.02. The SMILES string of the molecule is N=N/C(CSc1ccc(C(=O)Nc2ccc(C(=O)O)cc2)cc1)=N\N. The van der Waals surface area contributed by atoms with E-state index in [1.54, 1.807) is 24.3 Å². The zero-order valence-electron chi connectivity index (χ0n) is 13.0. The summed E-state index contributed by atoms with van der Waals surface area (Å²) in [5, 5.41) is 18.1. The maximum absolute atomic E-state index is 12.2. The van der Waals surface area contributed by atoms with Crippen LogP contribution < -0.4 is 11.2 Å². The number of aromatic carboxylic acids is 1. The minimum absolute atomic E-state index is 0.152. The Balaban J connectivity index is 1.97. The first-order valence-electron chi connectivity index (χ1n) is 7.05. The molecular weight excluding hydrogens is 342 g/mol. The van der Waals surface area contributed by atoms with Crippen LogP contribution in [-0.2, 0) is 0 Å². The molecule has 0 saturated heterocycles. The van der Waals surface area contributed by atoms with E-state index in [0.717, 1.165) is 4.90 Å². The van der Waals surface area contributed by atoms with Crippen LogP contribution in [0.2, 0.25) is 0 Å². The highest BCUT2D eigenvalue weighted by atomic mass is 32.2. The second-order valence-corrected chi connectivity index (χ2v) is 5.86. The van der Waals surface area contributed by atoms with Gasteiger partial charge in [0.05, 0.1) is 11.3 Å². The van der Waals surface area contributed by atoms with Crippen LogP contribution in [-0.4, -0.2) is 28.6 Å². The maximum atomic E-state index is 12.2. The summed E-state index contributed by atoms with van der Waals surface area (Å²) < 4.78 is 0. The van der Waals surface area contributed by atoms with E-state index in [0.29, 0.717) is 17.0 Å². The van der Waals surface area contributed by atoms with Gasteiger partial charge in [0, 0.05) is 16.1 Å². The lowest BCUT2D eigenvalue weighted by molar-refractivity contribution is 0.0696. The number of hydrogen-bond acceptors (Lipinski definition) is 6. The average Bonchev–Trinajstić information content (AvgIpc) is 2.63. The molecule has 2 aromatic rings. The normalized spacial score (nSPS) is 11.0. The van der Waals surface area contributed by atoms with Gasteiger partial charge in [0.1, 0.15) is 0 Å². The van der Waals surface area contributed by atoms with E-state index >= 15 is 0 Å². The monoisotopic (exact) mass is 357 g/mol. The van der Waals surface area contributed by atoms with Gasteiger partial charge >= 0.3 is 5.97 Å². The number of carbonyl (C=O) groups is 2. The standard InChI is InChI=1S/C16H15N5O3S/c17-20-14(21-18)9-25-13-7-3-10(4-8-13)15(22)19-12-5-1-11(2-6-12)16(23)24/h1-8,17H,9,18H2,(H,19,22)(H,23,24)/b20-17?,21-14-. The minimum Gasteiger partial charge on any atom is -0.478 e. The summed E-state index contributed by atoms with van der Waals surface area (Å²) in [6.45, 7) is 0. The number of nitrogens with one attached hydrogen (secondary N) is 2. The van der Waals surface area contributed by atoms with E-state index in [1.165, 1.54) is 36.0 Å². The Bertz CT molecular complexity index is 804. The second-order valence-electron chi connectivity index (χ2n) is 4.81. The lowest BCUT2D eigenvalue weighted by Crippen LogP contribution is -2.11. The number of amides is 1. The molecule has 0 bridgehead atoms. The van der Waals surface area contributed by atoms with Crippen molar-refractivity contribution in [3.8, 4) is 0 Å². The third-order valence-electron chi connectivity index (χ3n) is 3.15. The van der Waals surface area contributed by atoms with E-state index in [-0.39, 0.29) is 17.3 Å². The highest BCUT2D eigenvalue weighted by molar-refractivity contribution is 8.00. The summed E-state index contributed by atoms with van der Waals surface area (Å²) >= 11 is 1.39. The number of anilines is 1. The van der Waals surface area contributed by atoms with Gasteiger partial charge < -0.3 is 16.3 Å². The fraction of sp³-hybridized carbons (Fsp3) is 0.0625. The zero-order chi connectivity index (χ0) is 18.2. The van der Waals surface area contributed by atoms with Crippen molar-refractivity contribution in [2.45, 2.75) is 4.90 Å². The zero-order valence-corrected chi connectivity index (χ0v) is 13.8. The van der Waals surface area contributed by atoms with Crippen LogP contribution >= 0.6 is 11.8 Å². The summed E-state index contributed by atoms with van der Waals surface area (Å²) in [5.41, 5.74) is 8.00. The lowest BCUT2D eigenvalue weighted by atomic mass is 10.2. The molecule has 1 amide bonds. The van der Waals surface area contributed by atoms with Crippen molar-refractivity contribution in [2.24, 2.45) is 16.1 Å². The maximum Gasteiger partial charge on any atom is 0.335 e. The number of benzene rings is 2. The molecule has 0 atom stereocenters. The van der Waals surface area contributed by atoms with Crippen molar-refractivity contribution in [2.75, 3.05) is 11.1 Å². The lowest BCUT2D eigenvalue weighted by Gasteiger charge is -2.06. The number of amidine groups is 1. The van der Waals surface area contributed by atoms with E-state index in [2.05, 4.69) is 15.5 Å². The number of nitrogens with two attached hydrogens (primary N) is 1. The molecule has 0 unspecified atom stereocenters. The molecule has 0 spiro atoms. The molecule has 0 aromatic heterocycles. The van der Waals surface area contributed by atoms with Crippen LogP contribution in [0.15, 0.2) is 63.6 Å².